The molecule has 2 aromatic heterocycles. The Morgan fingerprint density at radius 3 is 1.77 bits per heavy atom. The number of hydrogen-bond donors (Lipinski definition) is 0. The minimum atomic E-state index is 0.0306. The molecule has 8 heteroatoms. The molecule has 0 aliphatic heterocycles. The summed E-state index contributed by atoms with van der Waals surface area (Å²) in [5.74, 6) is 2.07. The first-order valence-corrected chi connectivity index (χ1v) is 13.8. The Morgan fingerprint density at radius 2 is 1.23 bits per heavy atom. The number of hydrogen-bond acceptors (Lipinski definition) is 7. The van der Waals surface area contributed by atoms with Crippen molar-refractivity contribution in [2.45, 2.75) is 11.6 Å². The summed E-state index contributed by atoms with van der Waals surface area (Å²) in [6.07, 6.45) is 0.328. The normalized spacial score (nSPS) is 11.2. The van der Waals surface area contributed by atoms with Gasteiger partial charge >= 0.3 is 0 Å². The second-order valence-corrected chi connectivity index (χ2v) is 10.2. The fourth-order valence-corrected chi connectivity index (χ4v) is 5.51. The largest absolute Gasteiger partial charge is 0.497 e. The van der Waals surface area contributed by atoms with Crippen molar-refractivity contribution in [2.75, 3.05) is 20.0 Å². The minimum absolute atomic E-state index is 0.0306. The van der Waals surface area contributed by atoms with E-state index >= 15 is 0 Å². The molecule has 0 spiro atoms. The van der Waals surface area contributed by atoms with E-state index in [0.29, 0.717) is 28.7 Å². The number of benzene rings is 4. The lowest BCUT2D eigenvalue weighted by Gasteiger charge is -2.11. The van der Waals surface area contributed by atoms with E-state index in [1.165, 1.54) is 11.8 Å². The molecule has 7 nitrogen and oxygen atoms in total. The van der Waals surface area contributed by atoms with Crippen LogP contribution in [-0.2, 0) is 0 Å². The van der Waals surface area contributed by atoms with Crippen molar-refractivity contribution in [2.24, 2.45) is 0 Å². The molecular weight excluding hydrogens is 520 g/mol. The lowest BCUT2D eigenvalue weighted by atomic mass is 10.0. The first-order chi connectivity index (χ1) is 19.7. The monoisotopic (exact) mass is 546 g/mol. The molecular formula is C32H26N4O3S. The highest BCUT2D eigenvalue weighted by Crippen LogP contribution is 2.33. The number of rotatable bonds is 8. The Labute approximate surface area is 235 Å². The maximum absolute atomic E-state index is 13.4. The average Bonchev–Trinajstić information content (AvgIpc) is 3.36. The van der Waals surface area contributed by atoms with Crippen LogP contribution in [0.2, 0.25) is 0 Å². The number of methoxy groups -OCH3 is 2. The molecule has 198 valence electrons. The quantitative estimate of drug-likeness (QED) is 0.188. The maximum Gasteiger partial charge on any atom is 0.232 e. The number of carbonyl (C=O) groups is 1. The molecule has 0 atom stereocenters. The van der Waals surface area contributed by atoms with Crippen molar-refractivity contribution in [1.29, 1.82) is 0 Å². The number of carbonyl (C=O) groups excluding carboxylic acids is 1. The van der Waals surface area contributed by atoms with Gasteiger partial charge in [0.1, 0.15) is 22.9 Å². The summed E-state index contributed by atoms with van der Waals surface area (Å²) >= 11 is 1.42. The fourth-order valence-electron chi connectivity index (χ4n) is 4.80. The van der Waals surface area contributed by atoms with E-state index < -0.39 is 0 Å². The number of thioether (sulfide) groups is 1. The van der Waals surface area contributed by atoms with Crippen LogP contribution in [0.1, 0.15) is 11.2 Å². The summed E-state index contributed by atoms with van der Waals surface area (Å²) in [4.78, 5) is 18.3. The molecule has 0 aliphatic carbocycles. The summed E-state index contributed by atoms with van der Waals surface area (Å²) in [5.41, 5.74) is 4.98. The smallest absolute Gasteiger partial charge is 0.232 e. The van der Waals surface area contributed by atoms with E-state index in [0.717, 1.165) is 44.4 Å². The highest BCUT2D eigenvalue weighted by molar-refractivity contribution is 7.99. The average molecular weight is 547 g/mol. The molecule has 0 N–H and O–H groups in total. The molecule has 0 radical (unpaired) electrons. The maximum atomic E-state index is 13.4. The highest BCUT2D eigenvalue weighted by Gasteiger charge is 2.17. The third-order valence-corrected chi connectivity index (χ3v) is 7.61. The summed E-state index contributed by atoms with van der Waals surface area (Å²) in [6, 6.07) is 31.4. The van der Waals surface area contributed by atoms with E-state index in [4.69, 9.17) is 14.5 Å². The van der Waals surface area contributed by atoms with Crippen molar-refractivity contribution in [3.63, 3.8) is 0 Å². The van der Waals surface area contributed by atoms with Crippen LogP contribution < -0.4 is 9.47 Å². The standard InChI is InChI=1S/C32H26N4O3S/c1-38-23-15-11-21(12-16-23)30-31(22-13-17-24(39-2)18-14-22)34-35-32(33-30)40-20-19-29(37)36-27-9-5-3-7-25(27)26-8-4-6-10-28(26)36/h3-18H,19-20H2,1-2H3. The van der Waals surface area contributed by atoms with Crippen LogP contribution in [0.25, 0.3) is 44.3 Å². The molecule has 0 bridgehead atoms. The first-order valence-electron chi connectivity index (χ1n) is 12.8. The van der Waals surface area contributed by atoms with E-state index in [-0.39, 0.29) is 5.91 Å². The van der Waals surface area contributed by atoms with Gasteiger partial charge in [0.05, 0.1) is 25.3 Å². The van der Waals surface area contributed by atoms with Crippen LogP contribution in [0.4, 0.5) is 0 Å². The summed E-state index contributed by atoms with van der Waals surface area (Å²) in [6.45, 7) is 0. The Bertz CT molecular complexity index is 1760. The van der Waals surface area contributed by atoms with Gasteiger partial charge in [-0.15, -0.1) is 10.2 Å². The molecule has 0 aliphatic rings. The van der Waals surface area contributed by atoms with E-state index in [9.17, 15) is 4.79 Å². The molecule has 0 fully saturated rings. The second-order valence-electron chi connectivity index (χ2n) is 9.11. The topological polar surface area (TPSA) is 79.1 Å². The molecule has 2 heterocycles. The molecule has 6 rings (SSSR count). The Balaban J connectivity index is 1.27. The van der Waals surface area contributed by atoms with Crippen molar-refractivity contribution in [3.8, 4) is 34.0 Å². The van der Waals surface area contributed by atoms with Gasteiger partial charge in [-0.1, -0.05) is 48.2 Å². The van der Waals surface area contributed by atoms with Gasteiger partial charge in [0.15, 0.2) is 0 Å². The van der Waals surface area contributed by atoms with Gasteiger partial charge in [0, 0.05) is 34.1 Å². The Kier molecular flexibility index (Phi) is 7.16. The highest BCUT2D eigenvalue weighted by atomic mass is 32.2. The van der Waals surface area contributed by atoms with Gasteiger partial charge in [0.25, 0.3) is 0 Å². The summed E-state index contributed by atoms with van der Waals surface area (Å²) in [5, 5.41) is 11.6. The third kappa shape index (κ3) is 4.89. The van der Waals surface area contributed by atoms with E-state index in [1.54, 1.807) is 14.2 Å². The molecule has 0 unspecified atom stereocenters. The van der Waals surface area contributed by atoms with Crippen LogP contribution in [0.3, 0.4) is 0 Å². The lowest BCUT2D eigenvalue weighted by Crippen LogP contribution is -2.11. The Hall–Kier alpha value is -4.69. The van der Waals surface area contributed by atoms with Crippen molar-refractivity contribution < 1.29 is 14.3 Å². The molecule has 4 aromatic carbocycles. The van der Waals surface area contributed by atoms with Crippen LogP contribution in [-0.4, -0.2) is 45.6 Å². The molecule has 40 heavy (non-hydrogen) atoms. The Morgan fingerprint density at radius 1 is 0.700 bits per heavy atom. The van der Waals surface area contributed by atoms with Gasteiger partial charge in [-0.05, 0) is 60.7 Å². The van der Waals surface area contributed by atoms with Crippen LogP contribution in [0.5, 0.6) is 11.5 Å². The lowest BCUT2D eigenvalue weighted by molar-refractivity contribution is 0.0920. The van der Waals surface area contributed by atoms with Gasteiger partial charge in [0.2, 0.25) is 11.1 Å². The zero-order chi connectivity index (χ0) is 27.5. The van der Waals surface area contributed by atoms with Crippen LogP contribution in [0.15, 0.2) is 102 Å². The van der Waals surface area contributed by atoms with Crippen molar-refractivity contribution in [3.05, 3.63) is 97.1 Å². The third-order valence-electron chi connectivity index (χ3n) is 6.77. The second kappa shape index (κ2) is 11.2. The van der Waals surface area contributed by atoms with Crippen molar-refractivity contribution >= 4 is 39.5 Å². The van der Waals surface area contributed by atoms with Crippen LogP contribution in [0, 0.1) is 0 Å². The number of para-hydroxylation sites is 2. The predicted octanol–water partition coefficient (Wildman–Crippen LogP) is 7.15. The van der Waals surface area contributed by atoms with E-state index in [1.807, 2.05) is 89.5 Å². The van der Waals surface area contributed by atoms with Crippen molar-refractivity contribution in [1.82, 2.24) is 19.7 Å². The van der Waals surface area contributed by atoms with E-state index in [2.05, 4.69) is 22.3 Å². The predicted molar refractivity (Wildman–Crippen MR) is 159 cm³/mol. The fraction of sp³-hybridized carbons (Fsp3) is 0.125. The zero-order valence-corrected chi connectivity index (χ0v) is 22.9. The minimum Gasteiger partial charge on any atom is -0.497 e. The SMILES string of the molecule is COc1ccc(-c2nnc(SCCC(=O)n3c4ccccc4c4ccccc43)nc2-c2ccc(OC)cc2)cc1. The zero-order valence-electron chi connectivity index (χ0n) is 22.1. The van der Waals surface area contributed by atoms with Gasteiger partial charge < -0.3 is 9.47 Å². The molecule has 0 amide bonds. The van der Waals surface area contributed by atoms with Gasteiger partial charge in [-0.25, -0.2) is 4.98 Å². The van der Waals surface area contributed by atoms with Gasteiger partial charge in [-0.3, -0.25) is 9.36 Å². The molecule has 6 aromatic rings. The number of ether oxygens (including phenoxy) is 2. The summed E-state index contributed by atoms with van der Waals surface area (Å²) in [7, 11) is 3.27. The molecule has 0 saturated heterocycles. The molecule has 0 saturated carbocycles. The number of fused-ring (bicyclic) bond motifs is 3. The van der Waals surface area contributed by atoms with Gasteiger partial charge in [-0.2, -0.15) is 0 Å². The number of nitrogens with zero attached hydrogens (tertiary/aromatic N) is 4. The number of aromatic nitrogens is 4. The van der Waals surface area contributed by atoms with Crippen LogP contribution >= 0.6 is 11.8 Å². The first kappa shape index (κ1) is 25.6. The summed E-state index contributed by atoms with van der Waals surface area (Å²) < 4.78 is 12.5.